The highest BCUT2D eigenvalue weighted by Gasteiger charge is 2.46. The Morgan fingerprint density at radius 3 is 2.79 bits per heavy atom. The number of hydrogen-bond acceptors (Lipinski definition) is 5. The Bertz CT molecular complexity index is 1070. The van der Waals surface area contributed by atoms with Gasteiger partial charge in [-0.25, -0.2) is 4.99 Å². The molecule has 1 aromatic carbocycles. The Morgan fingerprint density at radius 2 is 2.03 bits per heavy atom. The minimum Gasteiger partial charge on any atom is -0.459 e. The van der Waals surface area contributed by atoms with Gasteiger partial charge >= 0.3 is 0 Å². The molecule has 1 saturated heterocycles. The van der Waals surface area contributed by atoms with Crippen molar-refractivity contribution in [3.05, 3.63) is 76.2 Å². The van der Waals surface area contributed by atoms with Gasteiger partial charge in [0.05, 0.1) is 15.7 Å². The lowest BCUT2D eigenvalue weighted by molar-refractivity contribution is 0.226. The smallest absolute Gasteiger partial charge is 0.161 e. The van der Waals surface area contributed by atoms with Crippen molar-refractivity contribution in [3.63, 3.8) is 0 Å². The molecule has 2 aromatic heterocycles. The first-order chi connectivity index (χ1) is 14.2. The number of aliphatic imine (C=N–C) groups is 1. The van der Waals surface area contributed by atoms with Crippen LogP contribution in [-0.4, -0.2) is 26.8 Å². The number of pyridine rings is 1. The van der Waals surface area contributed by atoms with Crippen molar-refractivity contribution < 1.29 is 4.42 Å². The standard InChI is InChI=1S/C22H19Cl2N3OS/c1-2-14-12-29-22-26-20(17-5-3-4-10-25-17)21(27(14)22)19-9-8-18(28-19)13-6-7-15(23)16(24)11-13/h3-11,14,20-21H,2,12H2,1H3/t14-,20+,21-/m1/s1. The van der Waals surface area contributed by atoms with E-state index in [0.29, 0.717) is 16.1 Å². The zero-order valence-corrected chi connectivity index (χ0v) is 18.1. The van der Waals surface area contributed by atoms with Crippen LogP contribution in [0, 0.1) is 0 Å². The summed E-state index contributed by atoms with van der Waals surface area (Å²) in [5.41, 5.74) is 1.87. The lowest BCUT2D eigenvalue weighted by Crippen LogP contribution is -2.35. The molecule has 0 bridgehead atoms. The van der Waals surface area contributed by atoms with Gasteiger partial charge < -0.3 is 9.32 Å². The first kappa shape index (κ1) is 19.0. The van der Waals surface area contributed by atoms with Crippen LogP contribution in [0.25, 0.3) is 11.3 Å². The second kappa shape index (κ2) is 7.71. The summed E-state index contributed by atoms with van der Waals surface area (Å²) in [5, 5.41) is 2.14. The molecule has 148 valence electrons. The van der Waals surface area contributed by atoms with Gasteiger partial charge in [0, 0.05) is 23.6 Å². The summed E-state index contributed by atoms with van der Waals surface area (Å²) in [5.74, 6) is 2.72. The molecular formula is C22H19Cl2N3OS. The van der Waals surface area contributed by atoms with Crippen LogP contribution in [-0.2, 0) is 0 Å². The predicted octanol–water partition coefficient (Wildman–Crippen LogP) is 6.63. The van der Waals surface area contributed by atoms with E-state index in [9.17, 15) is 0 Å². The van der Waals surface area contributed by atoms with Gasteiger partial charge in [-0.15, -0.1) is 0 Å². The van der Waals surface area contributed by atoms with Crippen LogP contribution in [0.4, 0.5) is 0 Å². The van der Waals surface area contributed by atoms with Gasteiger partial charge in [-0.1, -0.05) is 48.0 Å². The average Bonchev–Trinajstić information content (AvgIpc) is 3.45. The molecule has 4 nitrogen and oxygen atoms in total. The van der Waals surface area contributed by atoms with Crippen LogP contribution in [0.15, 0.2) is 64.1 Å². The van der Waals surface area contributed by atoms with Crippen molar-refractivity contribution in [1.82, 2.24) is 9.88 Å². The molecule has 3 atom stereocenters. The van der Waals surface area contributed by atoms with Crippen molar-refractivity contribution in [2.24, 2.45) is 4.99 Å². The summed E-state index contributed by atoms with van der Waals surface area (Å²) >= 11 is 14.1. The molecule has 1 fully saturated rings. The molecule has 4 heterocycles. The fourth-order valence-corrected chi connectivity index (χ4v) is 5.61. The van der Waals surface area contributed by atoms with Crippen LogP contribution in [0.1, 0.15) is 36.9 Å². The molecule has 7 heteroatoms. The number of halogens is 2. The number of nitrogens with zero attached hydrogens (tertiary/aromatic N) is 3. The molecular weight excluding hydrogens is 425 g/mol. The van der Waals surface area contributed by atoms with Crippen LogP contribution in [0.2, 0.25) is 10.0 Å². The number of rotatable bonds is 4. The maximum atomic E-state index is 6.35. The van der Waals surface area contributed by atoms with Crippen molar-refractivity contribution in [3.8, 4) is 11.3 Å². The van der Waals surface area contributed by atoms with E-state index in [0.717, 1.165) is 40.1 Å². The molecule has 2 aliphatic heterocycles. The number of amidine groups is 1. The normalized spacial score (nSPS) is 23.3. The first-order valence-corrected chi connectivity index (χ1v) is 11.3. The summed E-state index contributed by atoms with van der Waals surface area (Å²) in [4.78, 5) is 12.0. The number of thioether (sulfide) groups is 1. The van der Waals surface area contributed by atoms with Crippen molar-refractivity contribution in [2.45, 2.75) is 31.5 Å². The Labute approximate surface area is 183 Å². The topological polar surface area (TPSA) is 41.6 Å². The average molecular weight is 444 g/mol. The quantitative estimate of drug-likeness (QED) is 0.453. The molecule has 0 unspecified atom stereocenters. The van der Waals surface area contributed by atoms with Crippen molar-refractivity contribution >= 4 is 40.1 Å². The number of furan rings is 1. The molecule has 29 heavy (non-hydrogen) atoms. The van der Waals surface area contributed by atoms with E-state index < -0.39 is 0 Å². The van der Waals surface area contributed by atoms with Crippen molar-refractivity contribution in [2.75, 3.05) is 5.75 Å². The highest BCUT2D eigenvalue weighted by atomic mass is 35.5. The molecule has 0 aliphatic carbocycles. The number of benzene rings is 1. The zero-order valence-electron chi connectivity index (χ0n) is 15.8. The second-order valence-corrected chi connectivity index (χ2v) is 8.97. The number of hydrogen-bond donors (Lipinski definition) is 0. The summed E-state index contributed by atoms with van der Waals surface area (Å²) in [6.45, 7) is 2.22. The number of aromatic nitrogens is 1. The lowest BCUT2D eigenvalue weighted by Gasteiger charge is -2.30. The minimum atomic E-state index is -0.0825. The summed E-state index contributed by atoms with van der Waals surface area (Å²) in [7, 11) is 0. The van der Waals surface area contributed by atoms with Gasteiger partial charge in [0.2, 0.25) is 0 Å². The second-order valence-electron chi connectivity index (χ2n) is 7.17. The molecule has 0 spiro atoms. The maximum absolute atomic E-state index is 6.35. The fraction of sp³-hybridized carbons (Fsp3) is 0.273. The summed E-state index contributed by atoms with van der Waals surface area (Å²) in [6, 6.07) is 15.9. The number of fused-ring (bicyclic) bond motifs is 1. The predicted molar refractivity (Wildman–Crippen MR) is 120 cm³/mol. The van der Waals surface area contributed by atoms with Gasteiger partial charge in [0.25, 0.3) is 0 Å². The van der Waals surface area contributed by atoms with Crippen LogP contribution in [0.3, 0.4) is 0 Å². The Morgan fingerprint density at radius 1 is 1.14 bits per heavy atom. The van der Waals surface area contributed by atoms with E-state index in [2.05, 4.69) is 16.8 Å². The molecule has 0 radical (unpaired) electrons. The molecule has 0 N–H and O–H groups in total. The maximum Gasteiger partial charge on any atom is 0.161 e. The van der Waals surface area contributed by atoms with E-state index in [4.69, 9.17) is 32.6 Å². The highest BCUT2D eigenvalue weighted by Crippen LogP contribution is 2.49. The Balaban J connectivity index is 1.55. The van der Waals surface area contributed by atoms with Gasteiger partial charge in [-0.2, -0.15) is 0 Å². The third-order valence-electron chi connectivity index (χ3n) is 5.45. The van der Waals surface area contributed by atoms with E-state index in [1.54, 1.807) is 6.07 Å². The molecule has 0 saturated carbocycles. The third kappa shape index (κ3) is 3.35. The minimum absolute atomic E-state index is 0.00336. The van der Waals surface area contributed by atoms with E-state index in [1.807, 2.05) is 60.4 Å². The van der Waals surface area contributed by atoms with Gasteiger partial charge in [-0.3, -0.25) is 4.98 Å². The Kier molecular flexibility index (Phi) is 5.06. The van der Waals surface area contributed by atoms with Crippen LogP contribution in [0.5, 0.6) is 0 Å². The zero-order chi connectivity index (χ0) is 20.0. The fourth-order valence-electron chi connectivity index (χ4n) is 3.98. The summed E-state index contributed by atoms with van der Waals surface area (Å²) < 4.78 is 6.35. The lowest BCUT2D eigenvalue weighted by atomic mass is 10.0. The molecule has 5 rings (SSSR count). The largest absolute Gasteiger partial charge is 0.459 e. The van der Waals surface area contributed by atoms with Gasteiger partial charge in [0.1, 0.15) is 23.6 Å². The van der Waals surface area contributed by atoms with Gasteiger partial charge in [-0.05, 0) is 48.9 Å². The first-order valence-electron chi connectivity index (χ1n) is 9.60. The van der Waals surface area contributed by atoms with E-state index in [1.165, 1.54) is 0 Å². The molecule has 3 aromatic rings. The molecule has 2 aliphatic rings. The SMILES string of the molecule is CC[C@@H]1CSC2=N[C@@H](c3ccccn3)[C@@H](c3ccc(-c4ccc(Cl)c(Cl)c4)o3)N21. The monoisotopic (exact) mass is 443 g/mol. The third-order valence-corrected chi connectivity index (χ3v) is 7.32. The summed E-state index contributed by atoms with van der Waals surface area (Å²) in [6.07, 6.45) is 2.89. The molecule has 0 amide bonds. The van der Waals surface area contributed by atoms with E-state index in [-0.39, 0.29) is 12.1 Å². The van der Waals surface area contributed by atoms with Crippen LogP contribution >= 0.6 is 35.0 Å². The van der Waals surface area contributed by atoms with Crippen LogP contribution < -0.4 is 0 Å². The Hall–Kier alpha value is -1.95. The highest BCUT2D eigenvalue weighted by molar-refractivity contribution is 8.14. The van der Waals surface area contributed by atoms with Gasteiger partial charge in [0.15, 0.2) is 5.17 Å². The van der Waals surface area contributed by atoms with E-state index >= 15 is 0 Å². The van der Waals surface area contributed by atoms with Crippen molar-refractivity contribution in [1.29, 1.82) is 0 Å².